The predicted octanol–water partition coefficient (Wildman–Crippen LogP) is 3.33. The number of hydrogen-bond donors (Lipinski definition) is 3. The van der Waals surface area contributed by atoms with Gasteiger partial charge in [0.2, 0.25) is 0 Å². The van der Waals surface area contributed by atoms with Gasteiger partial charge in [0.15, 0.2) is 0 Å². The summed E-state index contributed by atoms with van der Waals surface area (Å²) in [7, 11) is 0. The van der Waals surface area contributed by atoms with E-state index in [1.165, 1.54) is 12.1 Å². The first-order valence-corrected chi connectivity index (χ1v) is 9.09. The van der Waals surface area contributed by atoms with Gasteiger partial charge in [0, 0.05) is 18.4 Å². The minimum atomic E-state index is -0.297. The fourth-order valence-electron chi connectivity index (χ4n) is 2.37. The van der Waals surface area contributed by atoms with Crippen molar-refractivity contribution in [2.75, 3.05) is 18.6 Å². The molecule has 0 radical (unpaired) electrons. The van der Waals surface area contributed by atoms with Gasteiger partial charge in [0.25, 0.3) is 0 Å². The molecule has 0 spiro atoms. The van der Waals surface area contributed by atoms with Crippen LogP contribution in [0.4, 0.5) is 9.18 Å². The lowest BCUT2D eigenvalue weighted by atomic mass is 9.82. The molecule has 0 heterocycles. The van der Waals surface area contributed by atoms with Crippen molar-refractivity contribution in [1.29, 1.82) is 0 Å². The number of nitrogens with one attached hydrogen (secondary N) is 2. The molecule has 2 atom stereocenters. The van der Waals surface area contributed by atoms with Gasteiger partial charge in [-0.15, -0.1) is 0 Å². The highest BCUT2D eigenvalue weighted by atomic mass is 32.2. The van der Waals surface area contributed by atoms with E-state index in [4.69, 9.17) is 5.11 Å². The Morgan fingerprint density at radius 1 is 1.26 bits per heavy atom. The smallest absolute Gasteiger partial charge is 0.315 e. The highest BCUT2D eigenvalue weighted by Crippen LogP contribution is 2.32. The second-order valence-corrected chi connectivity index (χ2v) is 7.54. The zero-order valence-corrected chi connectivity index (χ0v) is 15.0. The zero-order valence-electron chi connectivity index (χ0n) is 14.2. The first kappa shape index (κ1) is 19.8. The third-order valence-electron chi connectivity index (χ3n) is 3.53. The van der Waals surface area contributed by atoms with Gasteiger partial charge in [-0.05, 0) is 35.8 Å². The average molecular weight is 342 g/mol. The van der Waals surface area contributed by atoms with Gasteiger partial charge >= 0.3 is 6.03 Å². The van der Waals surface area contributed by atoms with Gasteiger partial charge in [-0.2, -0.15) is 11.8 Å². The van der Waals surface area contributed by atoms with Crippen molar-refractivity contribution in [3.05, 3.63) is 35.6 Å². The van der Waals surface area contributed by atoms with Crippen LogP contribution in [0.2, 0.25) is 0 Å². The number of halogens is 1. The van der Waals surface area contributed by atoms with E-state index in [2.05, 4.69) is 10.6 Å². The van der Waals surface area contributed by atoms with E-state index >= 15 is 0 Å². The van der Waals surface area contributed by atoms with Crippen molar-refractivity contribution in [1.82, 2.24) is 10.6 Å². The lowest BCUT2D eigenvalue weighted by Gasteiger charge is -2.32. The van der Waals surface area contributed by atoms with Crippen molar-refractivity contribution >= 4 is 17.8 Å². The molecule has 1 rings (SSSR count). The van der Waals surface area contributed by atoms with Gasteiger partial charge < -0.3 is 15.7 Å². The number of carbonyl (C=O) groups excluding carboxylic acids is 1. The van der Waals surface area contributed by atoms with Crippen molar-refractivity contribution in [2.24, 2.45) is 5.41 Å². The maximum absolute atomic E-state index is 13.1. The summed E-state index contributed by atoms with van der Waals surface area (Å²) in [5, 5.41) is 14.9. The van der Waals surface area contributed by atoms with Crippen LogP contribution in [0.15, 0.2) is 24.3 Å². The molecule has 0 saturated carbocycles. The van der Waals surface area contributed by atoms with Crippen molar-refractivity contribution < 1.29 is 14.3 Å². The number of thioether (sulfide) groups is 1. The maximum atomic E-state index is 13.1. The molecule has 6 heteroatoms. The van der Waals surface area contributed by atoms with Crippen LogP contribution in [0.1, 0.15) is 38.8 Å². The van der Waals surface area contributed by atoms with Crippen LogP contribution in [0.5, 0.6) is 0 Å². The lowest BCUT2D eigenvalue weighted by Crippen LogP contribution is -2.47. The van der Waals surface area contributed by atoms with Crippen LogP contribution >= 0.6 is 11.8 Å². The number of aliphatic hydroxyl groups excluding tert-OH is 1. The number of carbonyl (C=O) groups is 1. The lowest BCUT2D eigenvalue weighted by molar-refractivity contribution is 0.212. The molecule has 0 bridgehead atoms. The molecule has 0 fully saturated rings. The Hall–Kier alpha value is -1.27. The van der Waals surface area contributed by atoms with Gasteiger partial charge in [0.05, 0.1) is 6.04 Å². The van der Waals surface area contributed by atoms with Crippen molar-refractivity contribution in [3.63, 3.8) is 0 Å². The van der Waals surface area contributed by atoms with Crippen molar-refractivity contribution in [3.8, 4) is 0 Å². The molecule has 4 nitrogen and oxygen atoms in total. The fraction of sp³-hybridized carbons (Fsp3) is 0.588. The number of rotatable bonds is 7. The zero-order chi connectivity index (χ0) is 17.5. The Labute approximate surface area is 142 Å². The Kier molecular flexibility index (Phi) is 7.85. The average Bonchev–Trinajstić information content (AvgIpc) is 2.45. The molecule has 0 saturated heterocycles. The largest absolute Gasteiger partial charge is 0.396 e. The summed E-state index contributed by atoms with van der Waals surface area (Å²) >= 11 is 1.62. The molecule has 2 amide bonds. The number of benzene rings is 1. The van der Waals surface area contributed by atoms with E-state index in [0.717, 1.165) is 11.3 Å². The monoisotopic (exact) mass is 342 g/mol. The first-order valence-electron chi connectivity index (χ1n) is 7.70. The van der Waals surface area contributed by atoms with Crippen molar-refractivity contribution in [2.45, 2.75) is 39.3 Å². The standard InChI is InChI=1S/C17H27FN2O2S/c1-17(2,3)15(12-5-7-13(18)8-6-12)20-16(22)19-14(9-10-21)11-23-4/h5-8,14-15,21H,9-11H2,1-4H3,(H2,19,20,22). The molecule has 2 unspecified atom stereocenters. The summed E-state index contributed by atoms with van der Waals surface area (Å²) < 4.78 is 13.1. The molecular weight excluding hydrogens is 315 g/mol. The molecular formula is C17H27FN2O2S. The molecule has 0 aliphatic heterocycles. The minimum absolute atomic E-state index is 0.0339. The third kappa shape index (κ3) is 6.79. The normalized spacial score (nSPS) is 14.2. The van der Waals surface area contributed by atoms with Crippen LogP contribution < -0.4 is 10.6 Å². The van der Waals surface area contributed by atoms with Gasteiger partial charge in [-0.3, -0.25) is 0 Å². The molecule has 3 N–H and O–H groups in total. The summed E-state index contributed by atoms with van der Waals surface area (Å²) in [6.07, 6.45) is 2.48. The fourth-order valence-corrected chi connectivity index (χ4v) is 3.02. The number of urea groups is 1. The summed E-state index contributed by atoms with van der Waals surface area (Å²) in [6, 6.07) is 5.58. The Morgan fingerprint density at radius 3 is 2.35 bits per heavy atom. The molecule has 130 valence electrons. The van der Waals surface area contributed by atoms with E-state index in [1.54, 1.807) is 23.9 Å². The molecule has 23 heavy (non-hydrogen) atoms. The number of amides is 2. The Balaban J connectivity index is 2.81. The summed E-state index contributed by atoms with van der Waals surface area (Å²) in [4.78, 5) is 12.3. The summed E-state index contributed by atoms with van der Waals surface area (Å²) in [5.41, 5.74) is 0.638. The number of hydrogen-bond acceptors (Lipinski definition) is 3. The van der Waals surface area contributed by atoms with Crippen LogP contribution in [0, 0.1) is 11.2 Å². The van der Waals surface area contributed by atoms with E-state index in [9.17, 15) is 9.18 Å². The van der Waals surface area contributed by atoms with Gasteiger partial charge in [-0.25, -0.2) is 9.18 Å². The minimum Gasteiger partial charge on any atom is -0.396 e. The molecule has 0 aliphatic rings. The topological polar surface area (TPSA) is 61.4 Å². The third-order valence-corrected chi connectivity index (χ3v) is 4.26. The molecule has 1 aromatic rings. The highest BCUT2D eigenvalue weighted by Gasteiger charge is 2.28. The quantitative estimate of drug-likeness (QED) is 0.712. The molecule has 1 aromatic carbocycles. The highest BCUT2D eigenvalue weighted by molar-refractivity contribution is 7.98. The second kappa shape index (κ2) is 9.13. The van der Waals surface area contributed by atoms with E-state index in [0.29, 0.717) is 6.42 Å². The maximum Gasteiger partial charge on any atom is 0.315 e. The first-order chi connectivity index (χ1) is 10.8. The van der Waals surface area contributed by atoms with E-state index in [1.807, 2.05) is 27.0 Å². The molecule has 0 aromatic heterocycles. The SMILES string of the molecule is CSCC(CCO)NC(=O)NC(c1ccc(F)cc1)C(C)(C)C. The number of aliphatic hydroxyl groups is 1. The predicted molar refractivity (Wildman–Crippen MR) is 94.1 cm³/mol. The van der Waals surface area contributed by atoms with E-state index < -0.39 is 0 Å². The van der Waals surface area contributed by atoms with Crippen LogP contribution in [0.3, 0.4) is 0 Å². The summed E-state index contributed by atoms with van der Waals surface area (Å²) in [5.74, 6) is 0.443. The molecule has 0 aliphatic carbocycles. The van der Waals surface area contributed by atoms with Crippen LogP contribution in [-0.4, -0.2) is 35.8 Å². The van der Waals surface area contributed by atoms with Crippen LogP contribution in [-0.2, 0) is 0 Å². The Morgan fingerprint density at radius 2 is 1.87 bits per heavy atom. The second-order valence-electron chi connectivity index (χ2n) is 6.63. The Bertz CT molecular complexity index is 482. The van der Waals surface area contributed by atoms with E-state index in [-0.39, 0.29) is 36.0 Å². The summed E-state index contributed by atoms with van der Waals surface area (Å²) in [6.45, 7) is 6.10. The van der Waals surface area contributed by atoms with Crippen LogP contribution in [0.25, 0.3) is 0 Å². The van der Waals surface area contributed by atoms with Gasteiger partial charge in [0.1, 0.15) is 5.82 Å². The van der Waals surface area contributed by atoms with Gasteiger partial charge in [-0.1, -0.05) is 32.9 Å².